The van der Waals surface area contributed by atoms with Gasteiger partial charge in [0.15, 0.2) is 0 Å². The van der Waals surface area contributed by atoms with Gasteiger partial charge in [0.05, 0.1) is 12.8 Å². The van der Waals surface area contributed by atoms with E-state index in [1.165, 1.54) is 5.56 Å². The number of aromatic nitrogens is 2. The maximum absolute atomic E-state index is 9.64. The number of benzene rings is 1. The Bertz CT molecular complexity index is 593. The van der Waals surface area contributed by atoms with Gasteiger partial charge in [-0.15, -0.1) is 0 Å². The van der Waals surface area contributed by atoms with Crippen LogP contribution in [0.25, 0.3) is 0 Å². The van der Waals surface area contributed by atoms with Crippen molar-refractivity contribution in [2.45, 2.75) is 19.8 Å². The minimum atomic E-state index is 0.122. The molecule has 2 aromatic rings. The van der Waals surface area contributed by atoms with Gasteiger partial charge in [-0.3, -0.25) is 4.68 Å². The molecule has 1 N–H and O–H groups in total. The molecule has 1 aromatic heterocycles. The molecule has 1 heterocycles. The van der Waals surface area contributed by atoms with Gasteiger partial charge in [-0.2, -0.15) is 5.10 Å². The molecule has 0 saturated carbocycles. The highest BCUT2D eigenvalue weighted by atomic mass is 35.5. The first-order chi connectivity index (χ1) is 10.0. The predicted molar refractivity (Wildman–Crippen MR) is 83.9 cm³/mol. The van der Waals surface area contributed by atoms with Crippen LogP contribution in [0.3, 0.4) is 0 Å². The van der Waals surface area contributed by atoms with E-state index in [9.17, 15) is 5.11 Å². The quantitative estimate of drug-likeness (QED) is 0.892. The summed E-state index contributed by atoms with van der Waals surface area (Å²) in [6.07, 6.45) is 1.52. The summed E-state index contributed by atoms with van der Waals surface area (Å²) in [5.41, 5.74) is 3.12. The number of rotatable bonds is 6. The van der Waals surface area contributed by atoms with Crippen molar-refractivity contribution in [3.8, 4) is 5.75 Å². The van der Waals surface area contributed by atoms with Gasteiger partial charge < -0.3 is 9.84 Å². The highest BCUT2D eigenvalue weighted by molar-refractivity contribution is 6.30. The summed E-state index contributed by atoms with van der Waals surface area (Å²) >= 11 is 6.26. The Morgan fingerprint density at radius 2 is 1.95 bits per heavy atom. The maximum atomic E-state index is 9.64. The zero-order valence-corrected chi connectivity index (χ0v) is 13.4. The average Bonchev–Trinajstić information content (AvgIpc) is 2.73. The summed E-state index contributed by atoms with van der Waals surface area (Å²) in [5, 5.41) is 14.6. The second kappa shape index (κ2) is 6.96. The van der Waals surface area contributed by atoms with Crippen molar-refractivity contribution in [3.63, 3.8) is 0 Å². The number of halogens is 1. The van der Waals surface area contributed by atoms with Crippen LogP contribution in [0.1, 0.15) is 16.8 Å². The molecular formula is C16H21ClN2O2. The van der Waals surface area contributed by atoms with E-state index in [0.717, 1.165) is 29.8 Å². The number of methoxy groups -OCH3 is 1. The highest BCUT2D eigenvalue weighted by Crippen LogP contribution is 2.24. The van der Waals surface area contributed by atoms with Gasteiger partial charge in [0.2, 0.25) is 0 Å². The molecule has 0 amide bonds. The van der Waals surface area contributed by atoms with Gasteiger partial charge in [-0.05, 0) is 43.4 Å². The lowest BCUT2D eigenvalue weighted by molar-refractivity contribution is 0.225. The second-order valence-corrected chi connectivity index (χ2v) is 5.64. The Balaban J connectivity index is 2.09. The molecule has 1 atom stereocenters. The second-order valence-electron chi connectivity index (χ2n) is 5.28. The van der Waals surface area contributed by atoms with E-state index in [2.05, 4.69) is 5.10 Å². The average molecular weight is 309 g/mol. The Labute approximate surface area is 130 Å². The number of hydrogen-bond donors (Lipinski definition) is 1. The third kappa shape index (κ3) is 3.77. The van der Waals surface area contributed by atoms with Crippen LogP contribution in [0.4, 0.5) is 0 Å². The number of hydrogen-bond acceptors (Lipinski definition) is 3. The van der Waals surface area contributed by atoms with Crippen LogP contribution in [0, 0.1) is 12.8 Å². The molecule has 5 heteroatoms. The van der Waals surface area contributed by atoms with E-state index >= 15 is 0 Å². The fraction of sp³-hybridized carbons (Fsp3) is 0.438. The first-order valence-electron chi connectivity index (χ1n) is 6.97. The SMILES string of the molecule is COc1ccc(CC(CO)Cc2c(C)nn(C)c2Cl)cc1. The molecule has 0 radical (unpaired) electrons. The molecule has 0 saturated heterocycles. The van der Waals surface area contributed by atoms with Gasteiger partial charge in [-0.1, -0.05) is 23.7 Å². The fourth-order valence-electron chi connectivity index (χ4n) is 2.49. The van der Waals surface area contributed by atoms with E-state index in [0.29, 0.717) is 5.15 Å². The minimum Gasteiger partial charge on any atom is -0.497 e. The molecule has 2 rings (SSSR count). The summed E-state index contributed by atoms with van der Waals surface area (Å²) in [6.45, 7) is 2.07. The molecule has 0 aliphatic heterocycles. The number of aliphatic hydroxyl groups is 1. The summed E-state index contributed by atoms with van der Waals surface area (Å²) in [4.78, 5) is 0. The lowest BCUT2D eigenvalue weighted by Crippen LogP contribution is -2.13. The van der Waals surface area contributed by atoms with Gasteiger partial charge in [-0.25, -0.2) is 0 Å². The van der Waals surface area contributed by atoms with Crippen LogP contribution >= 0.6 is 11.6 Å². The lowest BCUT2D eigenvalue weighted by atomic mass is 9.93. The topological polar surface area (TPSA) is 47.3 Å². The first-order valence-corrected chi connectivity index (χ1v) is 7.34. The summed E-state index contributed by atoms with van der Waals surface area (Å²) in [7, 11) is 3.48. The molecule has 0 spiro atoms. The van der Waals surface area contributed by atoms with E-state index in [-0.39, 0.29) is 12.5 Å². The standard InChI is InChI=1S/C16H21ClN2O2/c1-11-15(16(17)19(2)18-11)9-13(10-20)8-12-4-6-14(21-3)7-5-12/h4-7,13,20H,8-10H2,1-3H3. The number of ether oxygens (including phenoxy) is 1. The van der Waals surface area contributed by atoms with Crippen LogP contribution in [0.5, 0.6) is 5.75 Å². The third-order valence-corrected chi connectivity index (χ3v) is 4.18. The zero-order chi connectivity index (χ0) is 15.4. The van der Waals surface area contributed by atoms with Gasteiger partial charge in [0, 0.05) is 19.2 Å². The molecule has 4 nitrogen and oxygen atoms in total. The van der Waals surface area contributed by atoms with Gasteiger partial charge in [0.1, 0.15) is 10.9 Å². The molecular weight excluding hydrogens is 288 g/mol. The smallest absolute Gasteiger partial charge is 0.130 e. The summed E-state index contributed by atoms with van der Waals surface area (Å²) < 4.78 is 6.83. The largest absolute Gasteiger partial charge is 0.497 e. The predicted octanol–water partition coefficient (Wildman–Crippen LogP) is 2.78. The van der Waals surface area contributed by atoms with Gasteiger partial charge in [0.25, 0.3) is 0 Å². The third-order valence-electron chi connectivity index (χ3n) is 3.70. The van der Waals surface area contributed by atoms with Crippen molar-refractivity contribution in [3.05, 3.63) is 46.2 Å². The Morgan fingerprint density at radius 3 is 2.43 bits per heavy atom. The van der Waals surface area contributed by atoms with Crippen molar-refractivity contribution >= 4 is 11.6 Å². The first kappa shape index (κ1) is 15.9. The lowest BCUT2D eigenvalue weighted by Gasteiger charge is -2.14. The number of aryl methyl sites for hydroxylation is 2. The van der Waals surface area contributed by atoms with Crippen LogP contribution in [0.2, 0.25) is 5.15 Å². The number of aliphatic hydroxyl groups excluding tert-OH is 1. The molecule has 0 bridgehead atoms. The van der Waals surface area contributed by atoms with Crippen molar-refractivity contribution in [2.24, 2.45) is 13.0 Å². The van der Waals surface area contributed by atoms with Crippen LogP contribution < -0.4 is 4.74 Å². The van der Waals surface area contributed by atoms with Crippen molar-refractivity contribution < 1.29 is 9.84 Å². The summed E-state index contributed by atoms with van der Waals surface area (Å²) in [5.74, 6) is 0.962. The van der Waals surface area contributed by atoms with E-state index < -0.39 is 0 Å². The normalized spacial score (nSPS) is 12.4. The molecule has 1 unspecified atom stereocenters. The molecule has 114 valence electrons. The molecule has 0 fully saturated rings. The Morgan fingerprint density at radius 1 is 1.29 bits per heavy atom. The summed E-state index contributed by atoms with van der Waals surface area (Å²) in [6, 6.07) is 7.93. The Hall–Kier alpha value is -1.52. The fourth-order valence-corrected chi connectivity index (χ4v) is 2.74. The van der Waals surface area contributed by atoms with Crippen LogP contribution in [0.15, 0.2) is 24.3 Å². The van der Waals surface area contributed by atoms with Crippen molar-refractivity contribution in [1.82, 2.24) is 9.78 Å². The van der Waals surface area contributed by atoms with E-state index in [1.807, 2.05) is 38.2 Å². The van der Waals surface area contributed by atoms with E-state index in [4.69, 9.17) is 16.3 Å². The van der Waals surface area contributed by atoms with Crippen LogP contribution in [-0.4, -0.2) is 28.6 Å². The maximum Gasteiger partial charge on any atom is 0.130 e. The monoisotopic (exact) mass is 308 g/mol. The number of nitrogens with zero attached hydrogens (tertiary/aromatic N) is 2. The molecule has 21 heavy (non-hydrogen) atoms. The van der Waals surface area contributed by atoms with Crippen molar-refractivity contribution in [1.29, 1.82) is 0 Å². The molecule has 0 aliphatic carbocycles. The minimum absolute atomic E-state index is 0.122. The zero-order valence-electron chi connectivity index (χ0n) is 12.6. The molecule has 0 aliphatic rings. The Kier molecular flexibility index (Phi) is 5.26. The van der Waals surface area contributed by atoms with Crippen molar-refractivity contribution in [2.75, 3.05) is 13.7 Å². The highest BCUT2D eigenvalue weighted by Gasteiger charge is 2.17. The van der Waals surface area contributed by atoms with Crippen LogP contribution in [-0.2, 0) is 19.9 Å². The molecule has 1 aromatic carbocycles. The van der Waals surface area contributed by atoms with Gasteiger partial charge >= 0.3 is 0 Å². The van der Waals surface area contributed by atoms with E-state index in [1.54, 1.807) is 11.8 Å².